The fraction of sp³-hybridized carbons (Fsp3) is 0.533. The van der Waals surface area contributed by atoms with E-state index in [-0.39, 0.29) is 30.3 Å². The molecule has 1 aliphatic rings. The second-order valence-corrected chi connectivity index (χ2v) is 5.54. The highest BCUT2D eigenvalue weighted by Crippen LogP contribution is 2.25. The molecular weight excluding hydrogens is 260 g/mol. The molecule has 0 heterocycles. The maximum atomic E-state index is 12.0. The van der Waals surface area contributed by atoms with Crippen LogP contribution >= 0.6 is 12.4 Å². The van der Waals surface area contributed by atoms with Gasteiger partial charge in [0.1, 0.15) is 0 Å². The van der Waals surface area contributed by atoms with Crippen molar-refractivity contribution in [1.29, 1.82) is 0 Å². The van der Waals surface area contributed by atoms with E-state index in [1.54, 1.807) is 0 Å². The molecule has 0 aromatic heterocycles. The minimum absolute atomic E-state index is 0. The summed E-state index contributed by atoms with van der Waals surface area (Å²) in [5.41, 5.74) is 8.00. The van der Waals surface area contributed by atoms with Crippen molar-refractivity contribution in [3.8, 4) is 0 Å². The molecule has 1 aliphatic carbocycles. The summed E-state index contributed by atoms with van der Waals surface area (Å²) in [5, 5.41) is 2.98. The van der Waals surface area contributed by atoms with Gasteiger partial charge in [0.2, 0.25) is 5.91 Å². The van der Waals surface area contributed by atoms with Crippen molar-refractivity contribution in [1.82, 2.24) is 0 Å². The average molecular weight is 283 g/mol. The summed E-state index contributed by atoms with van der Waals surface area (Å²) in [6.45, 7) is 4.32. The number of halogens is 1. The third-order valence-electron chi connectivity index (χ3n) is 3.69. The van der Waals surface area contributed by atoms with Gasteiger partial charge >= 0.3 is 0 Å². The standard InChI is InChI=1S/C15H22N2O.ClH/c1-10(2)11-4-7-14(8-5-11)17-15(18)12-3-6-13(16)9-12;/h4-5,7-8,10,12-13H,3,6,9,16H2,1-2H3,(H,17,18);1H. The van der Waals surface area contributed by atoms with E-state index in [2.05, 4.69) is 31.3 Å². The summed E-state index contributed by atoms with van der Waals surface area (Å²) >= 11 is 0. The van der Waals surface area contributed by atoms with Gasteiger partial charge in [-0.1, -0.05) is 26.0 Å². The van der Waals surface area contributed by atoms with Gasteiger partial charge in [0.25, 0.3) is 0 Å². The SMILES string of the molecule is CC(C)c1ccc(NC(=O)C2CCC(N)C2)cc1.Cl. The lowest BCUT2D eigenvalue weighted by Gasteiger charge is -2.12. The maximum absolute atomic E-state index is 12.0. The number of anilines is 1. The van der Waals surface area contributed by atoms with Crippen molar-refractivity contribution in [2.24, 2.45) is 11.7 Å². The molecule has 19 heavy (non-hydrogen) atoms. The Morgan fingerprint density at radius 3 is 2.37 bits per heavy atom. The predicted molar refractivity (Wildman–Crippen MR) is 81.7 cm³/mol. The molecule has 0 bridgehead atoms. The molecule has 0 saturated heterocycles. The monoisotopic (exact) mass is 282 g/mol. The largest absolute Gasteiger partial charge is 0.328 e. The summed E-state index contributed by atoms with van der Waals surface area (Å²) in [6.07, 6.45) is 2.69. The molecule has 1 amide bonds. The number of rotatable bonds is 3. The normalized spacial score (nSPS) is 22.1. The van der Waals surface area contributed by atoms with Crippen molar-refractivity contribution in [3.63, 3.8) is 0 Å². The summed E-state index contributed by atoms with van der Waals surface area (Å²) in [6, 6.07) is 8.29. The van der Waals surface area contributed by atoms with E-state index in [1.807, 2.05) is 12.1 Å². The molecule has 0 radical (unpaired) electrons. The number of benzene rings is 1. The van der Waals surface area contributed by atoms with Crippen LogP contribution in [0.4, 0.5) is 5.69 Å². The Morgan fingerprint density at radius 1 is 1.26 bits per heavy atom. The van der Waals surface area contributed by atoms with E-state index in [0.29, 0.717) is 5.92 Å². The van der Waals surface area contributed by atoms with Crippen LogP contribution in [0.15, 0.2) is 24.3 Å². The Hall–Kier alpha value is -1.06. The third kappa shape index (κ3) is 4.22. The van der Waals surface area contributed by atoms with E-state index >= 15 is 0 Å². The number of nitrogens with two attached hydrogens (primary N) is 1. The Morgan fingerprint density at radius 2 is 1.89 bits per heavy atom. The Balaban J connectivity index is 0.00000180. The zero-order chi connectivity index (χ0) is 13.1. The van der Waals surface area contributed by atoms with Crippen LogP contribution < -0.4 is 11.1 Å². The highest BCUT2D eigenvalue weighted by molar-refractivity contribution is 5.92. The van der Waals surface area contributed by atoms with Crippen molar-refractivity contribution < 1.29 is 4.79 Å². The van der Waals surface area contributed by atoms with Crippen molar-refractivity contribution in [2.75, 3.05) is 5.32 Å². The number of nitrogens with one attached hydrogen (secondary N) is 1. The molecule has 1 saturated carbocycles. The van der Waals surface area contributed by atoms with Crippen LogP contribution in [0.3, 0.4) is 0 Å². The summed E-state index contributed by atoms with van der Waals surface area (Å²) in [4.78, 5) is 12.0. The summed E-state index contributed by atoms with van der Waals surface area (Å²) < 4.78 is 0. The molecule has 2 rings (SSSR count). The van der Waals surface area contributed by atoms with Gasteiger partial charge in [-0.25, -0.2) is 0 Å². The van der Waals surface area contributed by atoms with Crippen LogP contribution in [-0.2, 0) is 4.79 Å². The maximum Gasteiger partial charge on any atom is 0.227 e. The van der Waals surface area contributed by atoms with Crippen molar-refractivity contribution in [3.05, 3.63) is 29.8 Å². The lowest BCUT2D eigenvalue weighted by molar-refractivity contribution is -0.119. The summed E-state index contributed by atoms with van der Waals surface area (Å²) in [5.74, 6) is 0.715. The number of hydrogen-bond acceptors (Lipinski definition) is 2. The van der Waals surface area contributed by atoms with E-state index in [9.17, 15) is 4.79 Å². The minimum Gasteiger partial charge on any atom is -0.328 e. The third-order valence-corrected chi connectivity index (χ3v) is 3.69. The Kier molecular flexibility index (Phi) is 5.83. The van der Waals surface area contributed by atoms with Gasteiger partial charge in [-0.2, -0.15) is 0 Å². The van der Waals surface area contributed by atoms with E-state index < -0.39 is 0 Å². The smallest absolute Gasteiger partial charge is 0.227 e. The van der Waals surface area contributed by atoms with Gasteiger partial charge < -0.3 is 11.1 Å². The van der Waals surface area contributed by atoms with Crippen LogP contribution in [0.2, 0.25) is 0 Å². The lowest BCUT2D eigenvalue weighted by atomic mass is 10.0. The fourth-order valence-corrected chi connectivity index (χ4v) is 2.45. The zero-order valence-electron chi connectivity index (χ0n) is 11.6. The molecule has 1 aromatic carbocycles. The number of carbonyl (C=O) groups excluding carboxylic acids is 1. The molecule has 1 fully saturated rings. The molecule has 0 spiro atoms. The summed E-state index contributed by atoms with van der Waals surface area (Å²) in [7, 11) is 0. The van der Waals surface area contributed by atoms with Gasteiger partial charge in [-0.05, 0) is 42.9 Å². The van der Waals surface area contributed by atoms with Gasteiger partial charge in [-0.15, -0.1) is 12.4 Å². The van der Waals surface area contributed by atoms with Crippen LogP contribution in [-0.4, -0.2) is 11.9 Å². The number of carbonyl (C=O) groups is 1. The van der Waals surface area contributed by atoms with Gasteiger partial charge in [0, 0.05) is 17.6 Å². The minimum atomic E-state index is 0. The molecule has 3 nitrogen and oxygen atoms in total. The molecule has 1 aromatic rings. The van der Waals surface area contributed by atoms with E-state index in [0.717, 1.165) is 24.9 Å². The fourth-order valence-electron chi connectivity index (χ4n) is 2.45. The number of hydrogen-bond donors (Lipinski definition) is 2. The first-order chi connectivity index (χ1) is 8.56. The van der Waals surface area contributed by atoms with Crippen molar-refractivity contribution in [2.45, 2.75) is 45.1 Å². The zero-order valence-corrected chi connectivity index (χ0v) is 12.4. The number of amides is 1. The second-order valence-electron chi connectivity index (χ2n) is 5.54. The first-order valence-corrected chi connectivity index (χ1v) is 6.72. The highest BCUT2D eigenvalue weighted by Gasteiger charge is 2.27. The van der Waals surface area contributed by atoms with Gasteiger partial charge in [-0.3, -0.25) is 4.79 Å². The van der Waals surface area contributed by atoms with Crippen molar-refractivity contribution >= 4 is 24.0 Å². The molecular formula is C15H23ClN2O. The first-order valence-electron chi connectivity index (χ1n) is 6.72. The van der Waals surface area contributed by atoms with Crippen LogP contribution in [0.1, 0.15) is 44.6 Å². The molecule has 0 aliphatic heterocycles. The molecule has 3 N–H and O–H groups in total. The second kappa shape index (κ2) is 6.92. The molecule has 4 heteroatoms. The topological polar surface area (TPSA) is 55.1 Å². The molecule has 2 unspecified atom stereocenters. The molecule has 106 valence electrons. The van der Waals surface area contributed by atoms with Gasteiger partial charge in [0.15, 0.2) is 0 Å². The van der Waals surface area contributed by atoms with E-state index in [4.69, 9.17) is 5.73 Å². The highest BCUT2D eigenvalue weighted by atomic mass is 35.5. The quantitative estimate of drug-likeness (QED) is 0.894. The van der Waals surface area contributed by atoms with Crippen LogP contribution in [0, 0.1) is 5.92 Å². The lowest BCUT2D eigenvalue weighted by Crippen LogP contribution is -2.23. The average Bonchev–Trinajstić information content (AvgIpc) is 2.76. The first kappa shape index (κ1) is 16.0. The Bertz CT molecular complexity index is 417. The molecule has 2 atom stereocenters. The van der Waals surface area contributed by atoms with Gasteiger partial charge in [0.05, 0.1) is 0 Å². The van der Waals surface area contributed by atoms with Crippen LogP contribution in [0.5, 0.6) is 0 Å². The van der Waals surface area contributed by atoms with E-state index in [1.165, 1.54) is 5.56 Å². The Labute approximate surface area is 121 Å². The van der Waals surface area contributed by atoms with Crippen LogP contribution in [0.25, 0.3) is 0 Å². The predicted octanol–water partition coefficient (Wildman–Crippen LogP) is 3.30.